The zero-order valence-corrected chi connectivity index (χ0v) is 13.1. The number of aliphatic hydroxyl groups excluding tert-OH is 1. The van der Waals surface area contributed by atoms with Gasteiger partial charge in [-0.3, -0.25) is 0 Å². The van der Waals surface area contributed by atoms with Crippen LogP contribution in [0.1, 0.15) is 11.0 Å². The van der Waals surface area contributed by atoms with Gasteiger partial charge in [-0.1, -0.05) is 6.07 Å². The summed E-state index contributed by atoms with van der Waals surface area (Å²) in [5.74, 6) is 0.481. The van der Waals surface area contributed by atoms with Crippen molar-refractivity contribution >= 4 is 26.0 Å². The molecule has 1 unspecified atom stereocenters. The van der Waals surface area contributed by atoms with Crippen molar-refractivity contribution in [2.24, 2.45) is 0 Å². The second-order valence-corrected chi connectivity index (χ2v) is 5.03. The summed E-state index contributed by atoms with van der Waals surface area (Å²) >= 11 is 3.11. The van der Waals surface area contributed by atoms with Crippen molar-refractivity contribution in [3.63, 3.8) is 0 Å². The fourth-order valence-corrected chi connectivity index (χ4v) is 2.04. The number of halogens is 1. The second kappa shape index (κ2) is 6.34. The van der Waals surface area contributed by atoms with E-state index in [0.29, 0.717) is 10.2 Å². The van der Waals surface area contributed by atoms with Crippen molar-refractivity contribution < 1.29 is 52.4 Å². The Balaban J connectivity index is 0.00000225. The monoisotopic (exact) mass is 318 g/mol. The Bertz CT molecular complexity index is 461. The van der Waals surface area contributed by atoms with Crippen LogP contribution in [0.5, 0.6) is 5.75 Å². The van der Waals surface area contributed by atoms with Crippen molar-refractivity contribution in [3.8, 4) is 5.75 Å². The Morgan fingerprint density at radius 2 is 2.06 bits per heavy atom. The van der Waals surface area contributed by atoms with Crippen LogP contribution in [0.15, 0.2) is 22.7 Å². The molecule has 1 N–H and O–H groups in total. The van der Waals surface area contributed by atoms with Crippen LogP contribution >= 0.6 is 15.9 Å². The van der Waals surface area contributed by atoms with Crippen LogP contribution in [0.3, 0.4) is 0 Å². The van der Waals surface area contributed by atoms with Gasteiger partial charge in [0.25, 0.3) is 0 Å². The maximum atomic E-state index is 10.5. The van der Waals surface area contributed by atoms with Gasteiger partial charge in [-0.25, -0.2) is 8.42 Å². The molecular weight excluding hydrogens is 311 g/mol. The van der Waals surface area contributed by atoms with Crippen LogP contribution in [0, 0.1) is 0 Å². The molecule has 8 heteroatoms. The quantitative estimate of drug-likeness (QED) is 0.514. The third-order valence-corrected chi connectivity index (χ3v) is 3.17. The summed E-state index contributed by atoms with van der Waals surface area (Å²) in [5, 5.41) is 9.18. The van der Waals surface area contributed by atoms with E-state index in [1.807, 2.05) is 0 Å². The van der Waals surface area contributed by atoms with Gasteiger partial charge in [0.05, 0.1) is 11.6 Å². The Morgan fingerprint density at radius 3 is 2.44 bits per heavy atom. The van der Waals surface area contributed by atoms with Gasteiger partial charge >= 0.3 is 29.6 Å². The smallest absolute Gasteiger partial charge is 0.746 e. The van der Waals surface area contributed by atoms with E-state index in [0.717, 1.165) is 0 Å². The van der Waals surface area contributed by atoms with Crippen molar-refractivity contribution in [1.82, 2.24) is 0 Å². The van der Waals surface area contributed by atoms with E-state index in [4.69, 9.17) is 4.74 Å². The average Bonchev–Trinajstić information content (AvgIpc) is 2.15. The van der Waals surface area contributed by atoms with Crippen LogP contribution in [-0.4, -0.2) is 25.2 Å². The van der Waals surface area contributed by atoms with Crippen molar-refractivity contribution in [2.45, 2.75) is 5.44 Å². The normalized spacial score (nSPS) is 12.8. The summed E-state index contributed by atoms with van der Waals surface area (Å²) < 4.78 is 37.0. The summed E-state index contributed by atoms with van der Waals surface area (Å²) in [6.07, 6.45) is 0. The number of ether oxygens (including phenoxy) is 1. The number of aliphatic hydroxyl groups is 1. The SMILES string of the molecule is COc1ccc(C(O)S(=O)(=O)[O-])cc1Br.[Na+]. The molecule has 0 spiro atoms. The third kappa shape index (κ3) is 3.99. The Morgan fingerprint density at radius 1 is 1.50 bits per heavy atom. The number of hydrogen-bond acceptors (Lipinski definition) is 5. The molecule has 84 valence electrons. The average molecular weight is 319 g/mol. The summed E-state index contributed by atoms with van der Waals surface area (Å²) in [6.45, 7) is 0. The minimum Gasteiger partial charge on any atom is -0.746 e. The van der Waals surface area contributed by atoms with Crippen LogP contribution < -0.4 is 34.3 Å². The molecule has 1 aromatic carbocycles. The Hall–Kier alpha value is 0.370. The van der Waals surface area contributed by atoms with Gasteiger partial charge in [0.15, 0.2) is 5.44 Å². The fourth-order valence-electron chi connectivity index (χ4n) is 1.00. The Kier molecular flexibility index (Phi) is 6.49. The summed E-state index contributed by atoms with van der Waals surface area (Å²) in [4.78, 5) is 0. The van der Waals surface area contributed by atoms with Crippen molar-refractivity contribution in [3.05, 3.63) is 28.2 Å². The third-order valence-electron chi connectivity index (χ3n) is 1.73. The first kappa shape index (κ1) is 16.4. The molecule has 0 saturated carbocycles. The van der Waals surface area contributed by atoms with Gasteiger partial charge in [0.2, 0.25) is 0 Å². The molecule has 5 nitrogen and oxygen atoms in total. The number of methoxy groups -OCH3 is 1. The molecule has 0 aromatic heterocycles. The van der Waals surface area contributed by atoms with Crippen LogP contribution in [-0.2, 0) is 10.1 Å². The first-order valence-corrected chi connectivity index (χ1v) is 6.09. The van der Waals surface area contributed by atoms with Gasteiger partial charge in [-0.15, -0.1) is 0 Å². The van der Waals surface area contributed by atoms with Gasteiger partial charge in [-0.2, -0.15) is 0 Å². The topological polar surface area (TPSA) is 86.7 Å². The fraction of sp³-hybridized carbons (Fsp3) is 0.250. The molecule has 16 heavy (non-hydrogen) atoms. The predicted molar refractivity (Wildman–Crippen MR) is 55.4 cm³/mol. The van der Waals surface area contributed by atoms with E-state index in [2.05, 4.69) is 15.9 Å². The number of benzene rings is 1. The van der Waals surface area contributed by atoms with E-state index in [-0.39, 0.29) is 35.1 Å². The molecule has 0 aliphatic carbocycles. The summed E-state index contributed by atoms with van der Waals surface area (Å²) in [7, 11) is -3.30. The first-order chi connectivity index (χ1) is 6.86. The minimum absolute atomic E-state index is 0. The largest absolute Gasteiger partial charge is 1.00 e. The summed E-state index contributed by atoms with van der Waals surface area (Å²) in [5.41, 5.74) is -2.06. The minimum atomic E-state index is -4.75. The van der Waals surface area contributed by atoms with Gasteiger partial charge < -0.3 is 14.4 Å². The molecule has 0 heterocycles. The maximum Gasteiger partial charge on any atom is 1.00 e. The second-order valence-electron chi connectivity index (χ2n) is 2.74. The molecule has 0 radical (unpaired) electrons. The molecule has 1 atom stereocenters. The van der Waals surface area contributed by atoms with E-state index in [1.165, 1.54) is 25.3 Å². The van der Waals surface area contributed by atoms with Gasteiger partial charge in [-0.05, 0) is 33.6 Å². The molecule has 1 rings (SSSR count). The molecule has 1 aromatic rings. The molecular formula is C8H8BrNaO5S. The zero-order valence-electron chi connectivity index (χ0n) is 8.68. The molecule has 0 aliphatic heterocycles. The standard InChI is InChI=1S/C8H9BrO5S.Na/c1-14-7-3-2-5(4-6(7)9)8(10)15(11,12)13;/h2-4,8,10H,1H3,(H,11,12,13);/q;+1/p-1. The first-order valence-electron chi connectivity index (χ1n) is 3.82. The van der Waals surface area contributed by atoms with E-state index in [1.54, 1.807) is 0 Å². The van der Waals surface area contributed by atoms with E-state index >= 15 is 0 Å². The van der Waals surface area contributed by atoms with E-state index < -0.39 is 15.6 Å². The van der Waals surface area contributed by atoms with Gasteiger partial charge in [0, 0.05) is 0 Å². The molecule has 0 aliphatic rings. The number of rotatable bonds is 3. The summed E-state index contributed by atoms with van der Waals surface area (Å²) in [6, 6.07) is 4.08. The molecule has 0 fully saturated rings. The maximum absolute atomic E-state index is 10.5. The van der Waals surface area contributed by atoms with E-state index in [9.17, 15) is 18.1 Å². The van der Waals surface area contributed by atoms with Crippen molar-refractivity contribution in [2.75, 3.05) is 7.11 Å². The molecule has 0 saturated heterocycles. The zero-order chi connectivity index (χ0) is 11.6. The van der Waals surface area contributed by atoms with Crippen LogP contribution in [0.25, 0.3) is 0 Å². The predicted octanol–water partition coefficient (Wildman–Crippen LogP) is -2.00. The Labute approximate surface area is 124 Å². The van der Waals surface area contributed by atoms with Gasteiger partial charge in [0.1, 0.15) is 15.9 Å². The van der Waals surface area contributed by atoms with Crippen LogP contribution in [0.4, 0.5) is 0 Å². The van der Waals surface area contributed by atoms with Crippen LogP contribution in [0.2, 0.25) is 0 Å². The number of hydrogen-bond donors (Lipinski definition) is 1. The molecule has 0 bridgehead atoms. The molecule has 0 amide bonds. The van der Waals surface area contributed by atoms with Crippen molar-refractivity contribution in [1.29, 1.82) is 0 Å².